The Morgan fingerprint density at radius 1 is 1.42 bits per heavy atom. The van der Waals surface area contributed by atoms with Gasteiger partial charge in [0.1, 0.15) is 0 Å². The van der Waals surface area contributed by atoms with Crippen molar-refractivity contribution in [2.24, 2.45) is 0 Å². The van der Waals surface area contributed by atoms with Gasteiger partial charge in [-0.3, -0.25) is 14.9 Å². The predicted molar refractivity (Wildman–Crippen MR) is 93.6 cm³/mol. The molecule has 1 amide bonds. The van der Waals surface area contributed by atoms with Crippen molar-refractivity contribution in [2.45, 2.75) is 13.8 Å². The fraction of sp³-hybridized carbons (Fsp3) is 0.250. The third-order valence-corrected chi connectivity index (χ3v) is 3.69. The zero-order valence-corrected chi connectivity index (χ0v) is 14.1. The second-order valence-corrected chi connectivity index (χ2v) is 5.56. The molecular formula is C16H17ClN4O3. The number of aryl methyl sites for hydroxylation is 1. The molecule has 0 aliphatic rings. The fourth-order valence-electron chi connectivity index (χ4n) is 2.20. The number of likely N-dealkylation sites (N-methyl/N-ethyl adjacent to an activating group) is 1. The standard InChI is InChI=1S/C16H17ClN4O3/c1-3-20(16-14(21(23)24)5-4-8-18-16)10-15(22)19-13-9-12(17)7-6-11(13)2/h4-9H,3,10H2,1-2H3,(H,19,22). The summed E-state index contributed by atoms with van der Waals surface area (Å²) in [5.41, 5.74) is 1.35. The van der Waals surface area contributed by atoms with Crippen LogP contribution in [0.15, 0.2) is 36.5 Å². The van der Waals surface area contributed by atoms with Gasteiger partial charge in [0.05, 0.1) is 11.5 Å². The van der Waals surface area contributed by atoms with Gasteiger partial charge in [-0.05, 0) is 37.6 Å². The number of nitrogens with zero attached hydrogens (tertiary/aromatic N) is 3. The maximum absolute atomic E-state index is 12.3. The lowest BCUT2D eigenvalue weighted by Crippen LogP contribution is -2.34. The Labute approximate surface area is 144 Å². The van der Waals surface area contributed by atoms with Crippen molar-refractivity contribution in [3.63, 3.8) is 0 Å². The molecule has 1 N–H and O–H groups in total. The molecule has 0 fully saturated rings. The number of anilines is 2. The van der Waals surface area contributed by atoms with Gasteiger partial charge < -0.3 is 10.2 Å². The van der Waals surface area contributed by atoms with Gasteiger partial charge in [0, 0.05) is 29.5 Å². The van der Waals surface area contributed by atoms with Crippen LogP contribution in [-0.4, -0.2) is 28.9 Å². The zero-order valence-electron chi connectivity index (χ0n) is 13.3. The lowest BCUT2D eigenvalue weighted by molar-refractivity contribution is -0.384. The van der Waals surface area contributed by atoms with E-state index in [4.69, 9.17) is 11.6 Å². The number of rotatable bonds is 6. The number of carbonyl (C=O) groups is 1. The molecule has 8 heteroatoms. The van der Waals surface area contributed by atoms with E-state index in [0.29, 0.717) is 17.3 Å². The minimum atomic E-state index is -0.510. The number of pyridine rings is 1. The largest absolute Gasteiger partial charge is 0.342 e. The molecule has 1 aromatic carbocycles. The first-order chi connectivity index (χ1) is 11.4. The number of halogens is 1. The quantitative estimate of drug-likeness (QED) is 0.638. The van der Waals surface area contributed by atoms with E-state index < -0.39 is 4.92 Å². The van der Waals surface area contributed by atoms with Crippen LogP contribution in [-0.2, 0) is 4.79 Å². The molecule has 0 spiro atoms. The van der Waals surface area contributed by atoms with E-state index in [9.17, 15) is 14.9 Å². The van der Waals surface area contributed by atoms with Crippen molar-refractivity contribution >= 4 is 34.7 Å². The molecule has 1 heterocycles. The molecule has 0 unspecified atom stereocenters. The van der Waals surface area contributed by atoms with Gasteiger partial charge in [0.15, 0.2) is 0 Å². The number of nitro groups is 1. The molecule has 0 atom stereocenters. The van der Waals surface area contributed by atoms with Crippen molar-refractivity contribution in [1.29, 1.82) is 0 Å². The third-order valence-electron chi connectivity index (χ3n) is 3.45. The Morgan fingerprint density at radius 3 is 2.83 bits per heavy atom. The van der Waals surface area contributed by atoms with Crippen LogP contribution in [0.2, 0.25) is 5.02 Å². The molecule has 0 saturated heterocycles. The predicted octanol–water partition coefficient (Wildman–Crippen LogP) is 3.42. The Bertz CT molecular complexity index is 767. The zero-order chi connectivity index (χ0) is 17.7. The van der Waals surface area contributed by atoms with E-state index in [1.54, 1.807) is 30.0 Å². The van der Waals surface area contributed by atoms with Gasteiger partial charge in [-0.15, -0.1) is 0 Å². The minimum Gasteiger partial charge on any atom is -0.342 e. The third kappa shape index (κ3) is 4.20. The fourth-order valence-corrected chi connectivity index (χ4v) is 2.38. The maximum atomic E-state index is 12.3. The summed E-state index contributed by atoms with van der Waals surface area (Å²) in [7, 11) is 0. The molecule has 7 nitrogen and oxygen atoms in total. The van der Waals surface area contributed by atoms with Gasteiger partial charge in [-0.1, -0.05) is 17.7 Å². The van der Waals surface area contributed by atoms with Crippen LogP contribution >= 0.6 is 11.6 Å². The summed E-state index contributed by atoms with van der Waals surface area (Å²) in [6.45, 7) is 4.00. The van der Waals surface area contributed by atoms with E-state index in [1.807, 2.05) is 6.92 Å². The summed E-state index contributed by atoms with van der Waals surface area (Å²) in [6, 6.07) is 8.06. The Morgan fingerprint density at radius 2 is 2.17 bits per heavy atom. The van der Waals surface area contributed by atoms with Gasteiger partial charge in [0.25, 0.3) is 0 Å². The summed E-state index contributed by atoms with van der Waals surface area (Å²) in [6.07, 6.45) is 1.46. The van der Waals surface area contributed by atoms with Crippen LogP contribution in [0.4, 0.5) is 17.2 Å². The SMILES string of the molecule is CCN(CC(=O)Nc1cc(Cl)ccc1C)c1ncccc1[N+](=O)[O-]. The monoisotopic (exact) mass is 348 g/mol. The number of hydrogen-bond acceptors (Lipinski definition) is 5. The van der Waals surface area contributed by atoms with E-state index in [0.717, 1.165) is 5.56 Å². The van der Waals surface area contributed by atoms with E-state index in [1.165, 1.54) is 18.3 Å². The first kappa shape index (κ1) is 17.7. The first-order valence-corrected chi connectivity index (χ1v) is 7.70. The normalized spacial score (nSPS) is 10.3. The molecule has 0 aliphatic heterocycles. The molecule has 0 radical (unpaired) electrons. The van der Waals surface area contributed by atoms with Crippen LogP contribution < -0.4 is 10.2 Å². The molecule has 0 saturated carbocycles. The smallest absolute Gasteiger partial charge is 0.311 e. The van der Waals surface area contributed by atoms with Gasteiger partial charge >= 0.3 is 5.69 Å². The molecule has 1 aromatic heterocycles. The number of hydrogen-bond donors (Lipinski definition) is 1. The lowest BCUT2D eigenvalue weighted by Gasteiger charge is -2.21. The van der Waals surface area contributed by atoms with Crippen molar-refractivity contribution in [3.05, 3.63) is 57.2 Å². The molecule has 2 rings (SSSR count). The van der Waals surface area contributed by atoms with Crippen LogP contribution in [0.1, 0.15) is 12.5 Å². The van der Waals surface area contributed by atoms with Crippen molar-refractivity contribution in [2.75, 3.05) is 23.3 Å². The molecule has 24 heavy (non-hydrogen) atoms. The van der Waals surface area contributed by atoms with Crippen molar-refractivity contribution in [1.82, 2.24) is 4.98 Å². The van der Waals surface area contributed by atoms with E-state index in [-0.39, 0.29) is 24.0 Å². The van der Waals surface area contributed by atoms with Gasteiger partial charge in [-0.25, -0.2) is 4.98 Å². The van der Waals surface area contributed by atoms with Gasteiger partial charge in [-0.2, -0.15) is 0 Å². The van der Waals surface area contributed by atoms with Crippen LogP contribution in [0.25, 0.3) is 0 Å². The highest BCUT2D eigenvalue weighted by Crippen LogP contribution is 2.25. The molecular weight excluding hydrogens is 332 g/mol. The van der Waals surface area contributed by atoms with Crippen molar-refractivity contribution in [3.8, 4) is 0 Å². The van der Waals surface area contributed by atoms with E-state index in [2.05, 4.69) is 10.3 Å². The first-order valence-electron chi connectivity index (χ1n) is 7.32. The number of benzene rings is 1. The van der Waals surface area contributed by atoms with Crippen LogP contribution in [0.3, 0.4) is 0 Å². The molecule has 0 aliphatic carbocycles. The Kier molecular flexibility index (Phi) is 5.70. The summed E-state index contributed by atoms with van der Waals surface area (Å²) >= 11 is 5.94. The van der Waals surface area contributed by atoms with Gasteiger partial charge in [0.2, 0.25) is 11.7 Å². The Balaban J connectivity index is 2.17. The summed E-state index contributed by atoms with van der Waals surface area (Å²) < 4.78 is 0. The molecule has 126 valence electrons. The average molecular weight is 349 g/mol. The molecule has 2 aromatic rings. The number of nitrogens with one attached hydrogen (secondary N) is 1. The minimum absolute atomic E-state index is 0.0553. The summed E-state index contributed by atoms with van der Waals surface area (Å²) in [4.78, 5) is 28.5. The van der Waals surface area contributed by atoms with Crippen molar-refractivity contribution < 1.29 is 9.72 Å². The highest BCUT2D eigenvalue weighted by Gasteiger charge is 2.21. The number of carbonyl (C=O) groups excluding carboxylic acids is 1. The topological polar surface area (TPSA) is 88.4 Å². The molecule has 0 bridgehead atoms. The lowest BCUT2D eigenvalue weighted by atomic mass is 10.2. The number of aromatic nitrogens is 1. The second-order valence-electron chi connectivity index (χ2n) is 5.12. The maximum Gasteiger partial charge on any atom is 0.311 e. The average Bonchev–Trinajstić information content (AvgIpc) is 2.56. The van der Waals surface area contributed by atoms with E-state index >= 15 is 0 Å². The van der Waals surface area contributed by atoms with Crippen LogP contribution in [0.5, 0.6) is 0 Å². The highest BCUT2D eigenvalue weighted by atomic mass is 35.5. The summed E-state index contributed by atoms with van der Waals surface area (Å²) in [5.74, 6) is -0.134. The second kappa shape index (κ2) is 7.74. The highest BCUT2D eigenvalue weighted by molar-refractivity contribution is 6.31. The Hall–Kier alpha value is -2.67. The number of amides is 1. The summed E-state index contributed by atoms with van der Waals surface area (Å²) in [5, 5.41) is 14.4. The van der Waals surface area contributed by atoms with Crippen LogP contribution in [0, 0.1) is 17.0 Å².